The van der Waals surface area contributed by atoms with Crippen molar-refractivity contribution in [3.05, 3.63) is 22.2 Å². The summed E-state index contributed by atoms with van der Waals surface area (Å²) in [6.45, 7) is 0. The van der Waals surface area contributed by atoms with Gasteiger partial charge in [-0.1, -0.05) is 23.2 Å². The van der Waals surface area contributed by atoms with Crippen LogP contribution in [0.4, 0.5) is 34.6 Å². The molecule has 0 spiro atoms. The van der Waals surface area contributed by atoms with Gasteiger partial charge in [-0.25, -0.2) is 0 Å². The molecule has 0 radical (unpaired) electrons. The van der Waals surface area contributed by atoms with Crippen molar-refractivity contribution in [2.45, 2.75) is 0 Å². The normalized spacial score (nSPS) is 12.0. The zero-order valence-electron chi connectivity index (χ0n) is 10.7. The van der Waals surface area contributed by atoms with E-state index < -0.39 is 0 Å². The van der Waals surface area contributed by atoms with Crippen molar-refractivity contribution < 1.29 is 0 Å². The molecular formula is C11H9Cl2N7S. The van der Waals surface area contributed by atoms with Crippen molar-refractivity contribution in [1.29, 1.82) is 0 Å². The van der Waals surface area contributed by atoms with Crippen molar-refractivity contribution in [2.75, 3.05) is 23.4 Å². The number of hydrogen-bond donors (Lipinski definition) is 3. The van der Waals surface area contributed by atoms with E-state index in [9.17, 15) is 0 Å². The molecule has 0 atom stereocenters. The molecule has 1 aromatic heterocycles. The standard InChI is InChI=1S/C11H9Cl2N7S/c1-15-6-3-7(18-11(14)17-6)16-8-4(12)2-5(13)9-10(8)20-21-19-9/h2-3H,1H3,(H4,14,15,16,17,18). The van der Waals surface area contributed by atoms with Crippen LogP contribution >= 0.6 is 23.2 Å². The summed E-state index contributed by atoms with van der Waals surface area (Å²) >= 11 is 13.4. The minimum absolute atomic E-state index is 0.141. The molecule has 1 aromatic carbocycles. The molecule has 108 valence electrons. The van der Waals surface area contributed by atoms with E-state index in [-0.39, 0.29) is 5.95 Å². The van der Waals surface area contributed by atoms with Gasteiger partial charge in [-0.3, -0.25) is 0 Å². The first kappa shape index (κ1) is 14.1. The number of rotatable bonds is 3. The van der Waals surface area contributed by atoms with E-state index in [1.807, 2.05) is 0 Å². The average molecular weight is 342 g/mol. The average Bonchev–Trinajstić information content (AvgIpc) is 2.92. The lowest BCUT2D eigenvalue weighted by molar-refractivity contribution is 1.17. The van der Waals surface area contributed by atoms with Crippen LogP contribution in [-0.2, 0) is 11.4 Å². The highest BCUT2D eigenvalue weighted by molar-refractivity contribution is 7.58. The van der Waals surface area contributed by atoms with E-state index in [2.05, 4.69) is 29.3 Å². The highest BCUT2D eigenvalue weighted by atomic mass is 35.5. The van der Waals surface area contributed by atoms with Gasteiger partial charge in [0.05, 0.1) is 27.1 Å². The van der Waals surface area contributed by atoms with Gasteiger partial charge in [0.25, 0.3) is 0 Å². The second-order valence-electron chi connectivity index (χ2n) is 4.05. The zero-order chi connectivity index (χ0) is 15.0. The topological polar surface area (TPSA) is 101 Å². The summed E-state index contributed by atoms with van der Waals surface area (Å²) < 4.78 is 8.35. The van der Waals surface area contributed by atoms with Crippen LogP contribution in [0.3, 0.4) is 0 Å². The number of aromatic nitrogens is 2. The Labute approximate surface area is 133 Å². The van der Waals surface area contributed by atoms with E-state index in [4.69, 9.17) is 28.9 Å². The van der Waals surface area contributed by atoms with Gasteiger partial charge in [-0.2, -0.15) is 18.7 Å². The zero-order valence-corrected chi connectivity index (χ0v) is 13.0. The fourth-order valence-corrected chi connectivity index (χ4v) is 2.94. The molecule has 1 aliphatic heterocycles. The maximum atomic E-state index is 6.23. The van der Waals surface area contributed by atoms with E-state index >= 15 is 0 Å². The highest BCUT2D eigenvalue weighted by Gasteiger charge is 2.19. The van der Waals surface area contributed by atoms with Crippen LogP contribution in [-0.4, -0.2) is 17.0 Å². The third-order valence-electron chi connectivity index (χ3n) is 2.70. The number of nitrogens with one attached hydrogen (secondary N) is 2. The summed E-state index contributed by atoms with van der Waals surface area (Å²) in [5.74, 6) is 1.22. The minimum atomic E-state index is 0.141. The fourth-order valence-electron chi connectivity index (χ4n) is 1.78. The van der Waals surface area contributed by atoms with Gasteiger partial charge in [0.1, 0.15) is 23.0 Å². The van der Waals surface area contributed by atoms with Crippen molar-refractivity contribution in [2.24, 2.45) is 8.73 Å². The minimum Gasteiger partial charge on any atom is -0.373 e. The van der Waals surface area contributed by atoms with Gasteiger partial charge in [-0.15, -0.1) is 0 Å². The summed E-state index contributed by atoms with van der Waals surface area (Å²) in [6.07, 6.45) is 0. The van der Waals surface area contributed by atoms with E-state index in [0.717, 1.165) is 11.4 Å². The molecule has 0 unspecified atom stereocenters. The SMILES string of the molecule is CNc1cc(Nc2c(Cl)cc(Cl)c3c2N=S=N3)nc(N)n1. The monoisotopic (exact) mass is 341 g/mol. The van der Waals surface area contributed by atoms with Crippen LogP contribution in [0, 0.1) is 0 Å². The van der Waals surface area contributed by atoms with Gasteiger partial charge >= 0.3 is 0 Å². The third kappa shape index (κ3) is 2.65. The smallest absolute Gasteiger partial charge is 0.223 e. The van der Waals surface area contributed by atoms with Gasteiger partial charge in [-0.05, 0) is 6.07 Å². The molecule has 2 heterocycles. The third-order valence-corrected chi connectivity index (χ3v) is 3.81. The summed E-state index contributed by atoms with van der Waals surface area (Å²) in [5.41, 5.74) is 7.41. The first-order valence-electron chi connectivity index (χ1n) is 5.78. The number of nitrogens with two attached hydrogens (primary N) is 1. The second-order valence-corrected chi connectivity index (χ2v) is 5.39. The van der Waals surface area contributed by atoms with Gasteiger partial charge in [0.15, 0.2) is 0 Å². The molecule has 0 fully saturated rings. The van der Waals surface area contributed by atoms with Crippen LogP contribution in [0.1, 0.15) is 0 Å². The number of fused-ring (bicyclic) bond motifs is 1. The van der Waals surface area contributed by atoms with Crippen LogP contribution in [0.25, 0.3) is 0 Å². The van der Waals surface area contributed by atoms with Crippen LogP contribution < -0.4 is 16.4 Å². The molecule has 21 heavy (non-hydrogen) atoms. The quantitative estimate of drug-likeness (QED) is 0.671. The van der Waals surface area contributed by atoms with Crippen molar-refractivity contribution in [3.8, 4) is 0 Å². The molecule has 7 nitrogen and oxygen atoms in total. The van der Waals surface area contributed by atoms with Crippen LogP contribution in [0.5, 0.6) is 0 Å². The number of hydrogen-bond acceptors (Lipinski definition) is 7. The summed E-state index contributed by atoms with van der Waals surface area (Å²) in [5, 5.41) is 6.86. The van der Waals surface area contributed by atoms with Gasteiger partial charge in [0, 0.05) is 13.1 Å². The number of nitrogens with zero attached hydrogens (tertiary/aromatic N) is 4. The lowest BCUT2D eigenvalue weighted by Crippen LogP contribution is -2.03. The summed E-state index contributed by atoms with van der Waals surface area (Å²) in [7, 11) is 1.74. The first-order valence-corrected chi connectivity index (χ1v) is 7.26. The molecular weight excluding hydrogens is 333 g/mol. The number of nitrogen functional groups attached to an aromatic ring is 1. The maximum absolute atomic E-state index is 6.23. The molecule has 0 bridgehead atoms. The second kappa shape index (κ2) is 5.47. The molecule has 0 saturated carbocycles. The fraction of sp³-hybridized carbons (Fsp3) is 0.0909. The first-order chi connectivity index (χ1) is 10.1. The molecule has 3 rings (SSSR count). The van der Waals surface area contributed by atoms with Gasteiger partial charge in [0.2, 0.25) is 5.95 Å². The summed E-state index contributed by atoms with van der Waals surface area (Å²) in [6, 6.07) is 3.31. The Kier molecular flexibility index (Phi) is 3.66. The molecule has 1 aliphatic rings. The molecule has 0 amide bonds. The molecule has 0 aliphatic carbocycles. The molecule has 2 aromatic rings. The Morgan fingerprint density at radius 2 is 1.76 bits per heavy atom. The van der Waals surface area contributed by atoms with E-state index in [1.165, 1.54) is 0 Å². The molecule has 4 N–H and O–H groups in total. The molecule has 10 heteroatoms. The Morgan fingerprint density at radius 3 is 2.52 bits per heavy atom. The molecule has 0 saturated heterocycles. The van der Waals surface area contributed by atoms with Crippen LogP contribution in [0.2, 0.25) is 10.0 Å². The number of halogens is 2. The lowest BCUT2D eigenvalue weighted by Gasteiger charge is -2.12. The van der Waals surface area contributed by atoms with Crippen molar-refractivity contribution in [1.82, 2.24) is 9.97 Å². The highest BCUT2D eigenvalue weighted by Crippen LogP contribution is 2.48. The van der Waals surface area contributed by atoms with E-state index in [0.29, 0.717) is 38.7 Å². The van der Waals surface area contributed by atoms with Crippen molar-refractivity contribution in [3.63, 3.8) is 0 Å². The number of anilines is 4. The van der Waals surface area contributed by atoms with Gasteiger partial charge < -0.3 is 16.4 Å². The van der Waals surface area contributed by atoms with Crippen molar-refractivity contribution >= 4 is 69.2 Å². The Balaban J connectivity index is 2.06. The Bertz CT molecular complexity index is 802. The maximum Gasteiger partial charge on any atom is 0.223 e. The Hall–Kier alpha value is -1.90. The van der Waals surface area contributed by atoms with Crippen LogP contribution in [0.15, 0.2) is 20.9 Å². The Morgan fingerprint density at radius 1 is 1.05 bits per heavy atom. The number of benzene rings is 1. The predicted octanol–water partition coefficient (Wildman–Crippen LogP) is 3.88. The largest absolute Gasteiger partial charge is 0.373 e. The van der Waals surface area contributed by atoms with E-state index in [1.54, 1.807) is 19.2 Å². The predicted molar refractivity (Wildman–Crippen MR) is 87.3 cm³/mol. The lowest BCUT2D eigenvalue weighted by atomic mass is 10.2. The summed E-state index contributed by atoms with van der Waals surface area (Å²) in [4.78, 5) is 8.13.